The van der Waals surface area contributed by atoms with Crippen LogP contribution >= 0.6 is 0 Å². The predicted octanol–water partition coefficient (Wildman–Crippen LogP) is 4.79. The third-order valence-corrected chi connectivity index (χ3v) is 6.97. The lowest BCUT2D eigenvalue weighted by atomic mass is 9.96. The molecular weight excluding hydrogens is 412 g/mol. The molecule has 2 aromatic carbocycles. The van der Waals surface area contributed by atoms with E-state index in [1.165, 1.54) is 0 Å². The van der Waals surface area contributed by atoms with E-state index in [4.69, 9.17) is 5.73 Å². The Morgan fingerprint density at radius 3 is 2.42 bits per heavy atom. The Labute approximate surface area is 182 Å². The van der Waals surface area contributed by atoms with E-state index < -0.39 is 10.0 Å². The van der Waals surface area contributed by atoms with Crippen LogP contribution < -0.4 is 10.5 Å². The van der Waals surface area contributed by atoms with Gasteiger partial charge in [-0.1, -0.05) is 49.6 Å². The topological polar surface area (TPSA) is 115 Å². The zero-order valence-corrected chi connectivity index (χ0v) is 18.2. The summed E-state index contributed by atoms with van der Waals surface area (Å²) >= 11 is 0. The molecule has 1 aliphatic carbocycles. The lowest BCUT2D eigenvalue weighted by Crippen LogP contribution is -2.36. The van der Waals surface area contributed by atoms with E-state index in [1.54, 1.807) is 35.9 Å². The summed E-state index contributed by atoms with van der Waals surface area (Å²) in [5, 5.41) is 13.0. The van der Waals surface area contributed by atoms with Gasteiger partial charge in [-0.25, -0.2) is 17.8 Å². The van der Waals surface area contributed by atoms with Crippen molar-refractivity contribution in [1.82, 2.24) is 14.5 Å². The number of rotatable bonds is 6. The number of hydrogen-bond donors (Lipinski definition) is 2. The highest BCUT2D eigenvalue weighted by Gasteiger charge is 2.24. The van der Waals surface area contributed by atoms with Gasteiger partial charge in [0.2, 0.25) is 10.0 Å². The first-order chi connectivity index (χ1) is 15.0. The lowest BCUT2D eigenvalue weighted by Gasteiger charge is -2.22. The van der Waals surface area contributed by atoms with E-state index in [2.05, 4.69) is 20.0 Å². The average molecular weight is 439 g/mol. The lowest BCUT2D eigenvalue weighted by molar-refractivity contribution is 0.412. The molecule has 3 aromatic rings. The third kappa shape index (κ3) is 4.67. The van der Waals surface area contributed by atoms with Crippen LogP contribution in [0.2, 0.25) is 0 Å². The first-order valence-corrected chi connectivity index (χ1v) is 11.9. The largest absolute Gasteiger partial charge is 0.382 e. The van der Waals surface area contributed by atoms with Gasteiger partial charge in [0, 0.05) is 6.04 Å². The minimum absolute atomic E-state index is 0.0364. The first-order valence-electron chi connectivity index (χ1n) is 10.4. The molecular formula is C22H26N6O2S. The third-order valence-electron chi connectivity index (χ3n) is 5.40. The van der Waals surface area contributed by atoms with Crippen LogP contribution in [0.15, 0.2) is 69.7 Å². The van der Waals surface area contributed by atoms with Crippen LogP contribution in [0.25, 0.3) is 5.69 Å². The number of anilines is 1. The Morgan fingerprint density at radius 2 is 1.68 bits per heavy atom. The highest BCUT2D eigenvalue weighted by atomic mass is 32.2. The Bertz CT molecular complexity index is 1180. The van der Waals surface area contributed by atoms with Crippen LogP contribution in [0.4, 0.5) is 17.2 Å². The molecule has 0 radical (unpaired) electrons. The zero-order chi connectivity index (χ0) is 21.8. The van der Waals surface area contributed by atoms with E-state index in [0.29, 0.717) is 17.2 Å². The quantitative estimate of drug-likeness (QED) is 0.538. The van der Waals surface area contributed by atoms with E-state index in [1.807, 2.05) is 30.3 Å². The molecule has 8 nitrogen and oxygen atoms in total. The average Bonchev–Trinajstić information content (AvgIpc) is 3.07. The van der Waals surface area contributed by atoms with Gasteiger partial charge in [-0.3, -0.25) is 0 Å². The fourth-order valence-corrected chi connectivity index (χ4v) is 5.24. The highest BCUT2D eigenvalue weighted by molar-refractivity contribution is 7.89. The SMILES string of the molecule is Cc1nn(-c2ccccc2)c(N)c1/N=N/c1ccccc1S(=O)(=O)NC1CCCCC1. The van der Waals surface area contributed by atoms with Gasteiger partial charge in [0.25, 0.3) is 0 Å². The predicted molar refractivity (Wildman–Crippen MR) is 121 cm³/mol. The van der Waals surface area contributed by atoms with Crippen LogP contribution in [0, 0.1) is 6.92 Å². The molecule has 1 aromatic heterocycles. The molecule has 9 heteroatoms. The van der Waals surface area contributed by atoms with Crippen LogP contribution in [0.1, 0.15) is 37.8 Å². The molecule has 1 aliphatic rings. The van der Waals surface area contributed by atoms with Crippen LogP contribution in [0.5, 0.6) is 0 Å². The smallest absolute Gasteiger partial charge is 0.243 e. The Hall–Kier alpha value is -3.04. The van der Waals surface area contributed by atoms with Crippen molar-refractivity contribution >= 4 is 27.2 Å². The summed E-state index contributed by atoms with van der Waals surface area (Å²) in [6, 6.07) is 16.0. The van der Waals surface area contributed by atoms with Crippen molar-refractivity contribution in [1.29, 1.82) is 0 Å². The van der Waals surface area contributed by atoms with Gasteiger partial charge in [0.1, 0.15) is 10.6 Å². The molecule has 0 aliphatic heterocycles. The molecule has 3 N–H and O–H groups in total. The minimum Gasteiger partial charge on any atom is -0.382 e. The van der Waals surface area contributed by atoms with E-state index in [-0.39, 0.29) is 16.6 Å². The maximum absolute atomic E-state index is 13.0. The summed E-state index contributed by atoms with van der Waals surface area (Å²) in [4.78, 5) is 0.107. The molecule has 162 valence electrons. The monoisotopic (exact) mass is 438 g/mol. The second kappa shape index (κ2) is 8.99. The number of nitrogens with zero attached hydrogens (tertiary/aromatic N) is 4. The van der Waals surface area contributed by atoms with Gasteiger partial charge >= 0.3 is 0 Å². The molecule has 31 heavy (non-hydrogen) atoms. The van der Waals surface area contributed by atoms with E-state index in [0.717, 1.165) is 37.8 Å². The number of azo groups is 1. The number of hydrogen-bond acceptors (Lipinski definition) is 6. The second-order valence-corrected chi connectivity index (χ2v) is 9.37. The first kappa shape index (κ1) is 21.2. The molecule has 0 bridgehead atoms. The highest BCUT2D eigenvalue weighted by Crippen LogP contribution is 2.32. The van der Waals surface area contributed by atoms with Crippen molar-refractivity contribution in [3.05, 3.63) is 60.3 Å². The normalized spacial score (nSPS) is 15.5. The molecule has 0 atom stereocenters. The van der Waals surface area contributed by atoms with E-state index >= 15 is 0 Å². The minimum atomic E-state index is -3.71. The number of sulfonamides is 1. The Kier molecular flexibility index (Phi) is 6.15. The van der Waals surface area contributed by atoms with Gasteiger partial charge in [-0.15, -0.1) is 10.2 Å². The molecule has 0 spiro atoms. The van der Waals surface area contributed by atoms with Crippen molar-refractivity contribution in [2.75, 3.05) is 5.73 Å². The van der Waals surface area contributed by atoms with Crippen LogP contribution in [-0.4, -0.2) is 24.2 Å². The number of aromatic nitrogens is 2. The fourth-order valence-electron chi connectivity index (χ4n) is 3.80. The molecule has 1 heterocycles. The summed E-state index contributed by atoms with van der Waals surface area (Å²) in [6.45, 7) is 1.79. The second-order valence-electron chi connectivity index (χ2n) is 7.69. The summed E-state index contributed by atoms with van der Waals surface area (Å²) in [5.74, 6) is 0.341. The summed E-state index contributed by atoms with van der Waals surface area (Å²) in [7, 11) is -3.71. The standard InChI is InChI=1S/C22H26N6O2S/c1-16-21(22(23)28(26-16)18-12-6-3-7-13-18)25-24-19-14-8-9-15-20(19)31(29,30)27-17-10-4-2-5-11-17/h3,6-9,12-15,17,27H,2,4-5,10-11,23H2,1H3/b25-24+. The Balaban J connectivity index is 1.63. The maximum Gasteiger partial charge on any atom is 0.243 e. The van der Waals surface area contributed by atoms with Crippen molar-refractivity contribution in [3.8, 4) is 5.69 Å². The molecule has 4 rings (SSSR count). The van der Waals surface area contributed by atoms with Crippen molar-refractivity contribution < 1.29 is 8.42 Å². The summed E-state index contributed by atoms with van der Waals surface area (Å²) < 4.78 is 30.4. The van der Waals surface area contributed by atoms with Crippen molar-refractivity contribution in [3.63, 3.8) is 0 Å². The van der Waals surface area contributed by atoms with Crippen LogP contribution in [0.3, 0.4) is 0 Å². The molecule has 0 amide bonds. The number of nitrogens with one attached hydrogen (secondary N) is 1. The number of nitrogens with two attached hydrogens (primary N) is 1. The molecule has 1 saturated carbocycles. The maximum atomic E-state index is 13.0. The van der Waals surface area contributed by atoms with Crippen molar-refractivity contribution in [2.24, 2.45) is 10.2 Å². The van der Waals surface area contributed by atoms with Gasteiger partial charge in [-0.05, 0) is 44.0 Å². The molecule has 0 saturated heterocycles. The van der Waals surface area contributed by atoms with Crippen LogP contribution in [-0.2, 0) is 10.0 Å². The zero-order valence-electron chi connectivity index (χ0n) is 17.4. The van der Waals surface area contributed by atoms with Gasteiger partial charge in [-0.2, -0.15) is 5.10 Å². The van der Waals surface area contributed by atoms with E-state index in [9.17, 15) is 8.42 Å². The summed E-state index contributed by atoms with van der Waals surface area (Å²) in [5.41, 5.74) is 8.35. The number of para-hydroxylation sites is 1. The Morgan fingerprint density at radius 1 is 1.00 bits per heavy atom. The fraction of sp³-hybridized carbons (Fsp3) is 0.318. The molecule has 0 unspecified atom stereocenters. The summed E-state index contributed by atoms with van der Waals surface area (Å²) in [6.07, 6.45) is 4.95. The van der Waals surface area contributed by atoms with Gasteiger partial charge in [0.05, 0.1) is 11.4 Å². The number of aryl methyl sites for hydroxylation is 1. The number of nitrogen functional groups attached to an aromatic ring is 1. The number of benzene rings is 2. The molecule has 1 fully saturated rings. The van der Waals surface area contributed by atoms with Gasteiger partial charge in [0.15, 0.2) is 11.5 Å². The van der Waals surface area contributed by atoms with Gasteiger partial charge < -0.3 is 5.73 Å². The van der Waals surface area contributed by atoms with Crippen molar-refractivity contribution in [2.45, 2.75) is 50.0 Å².